The first-order chi connectivity index (χ1) is 16.4. The summed E-state index contributed by atoms with van der Waals surface area (Å²) in [6, 6.07) is 14.6. The monoisotopic (exact) mass is 478 g/mol. The summed E-state index contributed by atoms with van der Waals surface area (Å²) in [5.41, 5.74) is 1.30. The number of nitrogens with zero attached hydrogens (tertiary/aromatic N) is 2. The van der Waals surface area contributed by atoms with Crippen molar-refractivity contribution in [3.63, 3.8) is 0 Å². The van der Waals surface area contributed by atoms with Crippen molar-refractivity contribution in [3.05, 3.63) is 81.9 Å². The first kappa shape index (κ1) is 23.2. The summed E-state index contributed by atoms with van der Waals surface area (Å²) >= 11 is 0.957. The predicted octanol–water partition coefficient (Wildman–Crippen LogP) is 4.26. The molecule has 2 aromatic carbocycles. The highest BCUT2D eigenvalue weighted by Gasteiger charge is 2.48. The van der Waals surface area contributed by atoms with E-state index in [1.54, 1.807) is 55.5 Å². The molecule has 0 spiro atoms. The molecule has 3 aromatic rings. The maximum atomic E-state index is 13.2. The molecule has 1 aliphatic rings. The van der Waals surface area contributed by atoms with E-state index in [1.807, 2.05) is 13.0 Å². The Labute approximate surface area is 200 Å². The fourth-order valence-electron chi connectivity index (χ4n) is 3.78. The van der Waals surface area contributed by atoms with Crippen LogP contribution in [0.1, 0.15) is 39.5 Å². The highest BCUT2D eigenvalue weighted by Crippen LogP contribution is 2.43. The van der Waals surface area contributed by atoms with Crippen molar-refractivity contribution in [3.8, 4) is 5.75 Å². The summed E-state index contributed by atoms with van der Waals surface area (Å²) in [7, 11) is 1.26. The van der Waals surface area contributed by atoms with Crippen molar-refractivity contribution in [2.24, 2.45) is 0 Å². The number of esters is 1. The summed E-state index contributed by atoms with van der Waals surface area (Å²) < 4.78 is 10.2. The van der Waals surface area contributed by atoms with E-state index in [0.29, 0.717) is 29.2 Å². The minimum atomic E-state index is -0.927. The van der Waals surface area contributed by atoms with Crippen molar-refractivity contribution >= 4 is 39.9 Å². The minimum Gasteiger partial charge on any atom is -0.507 e. The summed E-state index contributed by atoms with van der Waals surface area (Å²) in [5, 5.41) is 11.3. The second-order valence-corrected chi connectivity index (χ2v) is 8.42. The Morgan fingerprint density at radius 1 is 1.12 bits per heavy atom. The lowest BCUT2D eigenvalue weighted by Gasteiger charge is -2.23. The SMILES string of the molecule is CCOc1ccc(/C(O)=C2\C(=O)C(=O)N(c3nc(C)c(C(=O)OC)s3)[C@H]2c2ccccc2)cc1. The second-order valence-electron chi connectivity index (χ2n) is 7.44. The molecule has 1 N–H and O–H groups in total. The molecule has 34 heavy (non-hydrogen) atoms. The Kier molecular flexibility index (Phi) is 6.47. The van der Waals surface area contributed by atoms with Crippen LogP contribution < -0.4 is 9.64 Å². The molecule has 0 radical (unpaired) electrons. The van der Waals surface area contributed by atoms with Gasteiger partial charge in [-0.05, 0) is 43.7 Å². The van der Waals surface area contributed by atoms with Gasteiger partial charge in [-0.3, -0.25) is 14.5 Å². The molecular formula is C25H22N2O6S. The number of carbonyl (C=O) groups is 3. The molecule has 2 heterocycles. The number of aliphatic hydroxyl groups excluding tert-OH is 1. The summed E-state index contributed by atoms with van der Waals surface area (Å²) in [6.07, 6.45) is 0. The number of anilines is 1. The molecule has 174 valence electrons. The van der Waals surface area contributed by atoms with Crippen LogP contribution in [0.25, 0.3) is 5.76 Å². The van der Waals surface area contributed by atoms with E-state index in [9.17, 15) is 19.5 Å². The topological polar surface area (TPSA) is 106 Å². The van der Waals surface area contributed by atoms with E-state index in [2.05, 4.69) is 4.98 Å². The van der Waals surface area contributed by atoms with Gasteiger partial charge in [0.2, 0.25) is 0 Å². The fourth-order valence-corrected chi connectivity index (χ4v) is 4.79. The number of benzene rings is 2. The van der Waals surface area contributed by atoms with Gasteiger partial charge in [-0.1, -0.05) is 41.7 Å². The number of rotatable bonds is 6. The minimum absolute atomic E-state index is 0.0622. The summed E-state index contributed by atoms with van der Waals surface area (Å²) in [4.78, 5) is 44.3. The number of ketones is 1. The normalized spacial score (nSPS) is 17.1. The lowest BCUT2D eigenvalue weighted by Crippen LogP contribution is -2.29. The van der Waals surface area contributed by atoms with E-state index in [4.69, 9.17) is 9.47 Å². The number of hydrogen-bond acceptors (Lipinski definition) is 8. The number of carbonyl (C=O) groups excluding carboxylic acids is 3. The third kappa shape index (κ3) is 4.06. The van der Waals surface area contributed by atoms with Crippen LogP contribution in [0.15, 0.2) is 60.2 Å². The highest BCUT2D eigenvalue weighted by atomic mass is 32.1. The Hall–Kier alpha value is -3.98. The number of aryl methyl sites for hydroxylation is 1. The van der Waals surface area contributed by atoms with Crippen LogP contribution in [0.4, 0.5) is 5.13 Å². The van der Waals surface area contributed by atoms with Crippen molar-refractivity contribution in [2.75, 3.05) is 18.6 Å². The summed E-state index contributed by atoms with van der Waals surface area (Å²) in [5.74, 6) is -1.95. The maximum Gasteiger partial charge on any atom is 0.350 e. The van der Waals surface area contributed by atoms with Gasteiger partial charge in [0.1, 0.15) is 16.4 Å². The van der Waals surface area contributed by atoms with Crippen LogP contribution in [0, 0.1) is 6.92 Å². The third-order valence-electron chi connectivity index (χ3n) is 5.36. The highest BCUT2D eigenvalue weighted by molar-refractivity contribution is 7.17. The van der Waals surface area contributed by atoms with Gasteiger partial charge in [0.05, 0.1) is 31.0 Å². The fraction of sp³-hybridized carbons (Fsp3) is 0.200. The van der Waals surface area contributed by atoms with Gasteiger partial charge in [-0.15, -0.1) is 0 Å². The Morgan fingerprint density at radius 2 is 1.79 bits per heavy atom. The molecule has 0 saturated carbocycles. The lowest BCUT2D eigenvalue weighted by molar-refractivity contribution is -0.132. The number of thiazole rings is 1. The van der Waals surface area contributed by atoms with Crippen LogP contribution >= 0.6 is 11.3 Å². The number of amides is 1. The standard InChI is InChI=1S/C25H22N2O6S/c1-4-33-17-12-10-16(11-13-17)20(28)18-19(15-8-6-5-7-9-15)27(23(30)21(18)29)25-26-14(2)22(34-25)24(31)32-3/h5-13,19,28H,4H2,1-3H3/b20-18+/t19-/m0/s1. The molecule has 1 aromatic heterocycles. The van der Waals surface area contributed by atoms with Gasteiger partial charge < -0.3 is 14.6 Å². The Morgan fingerprint density at radius 3 is 2.41 bits per heavy atom. The zero-order chi connectivity index (χ0) is 24.4. The number of Topliss-reactive ketones (excluding diaryl/α,β-unsaturated/α-hetero) is 1. The quantitative estimate of drug-likeness (QED) is 0.244. The molecule has 1 aliphatic heterocycles. The van der Waals surface area contributed by atoms with Crippen molar-refractivity contribution in [1.82, 2.24) is 4.98 Å². The zero-order valence-corrected chi connectivity index (χ0v) is 19.6. The van der Waals surface area contributed by atoms with Crippen LogP contribution in [-0.4, -0.2) is 41.5 Å². The van der Waals surface area contributed by atoms with Gasteiger partial charge in [0.25, 0.3) is 5.78 Å². The van der Waals surface area contributed by atoms with Gasteiger partial charge in [-0.25, -0.2) is 9.78 Å². The first-order valence-corrected chi connectivity index (χ1v) is 11.3. The molecule has 1 saturated heterocycles. The van der Waals surface area contributed by atoms with Crippen LogP contribution in [0.3, 0.4) is 0 Å². The molecule has 0 unspecified atom stereocenters. The van der Waals surface area contributed by atoms with Crippen molar-refractivity contribution in [1.29, 1.82) is 0 Å². The van der Waals surface area contributed by atoms with Crippen molar-refractivity contribution in [2.45, 2.75) is 19.9 Å². The molecule has 1 amide bonds. The molecule has 1 fully saturated rings. The Balaban J connectivity index is 1.87. The van der Waals surface area contributed by atoms with Gasteiger partial charge >= 0.3 is 11.9 Å². The molecule has 0 bridgehead atoms. The van der Waals surface area contributed by atoms with Crippen LogP contribution in [0.2, 0.25) is 0 Å². The number of methoxy groups -OCH3 is 1. The smallest absolute Gasteiger partial charge is 0.350 e. The summed E-state index contributed by atoms with van der Waals surface area (Å²) in [6.45, 7) is 3.98. The predicted molar refractivity (Wildman–Crippen MR) is 127 cm³/mol. The average molecular weight is 479 g/mol. The molecule has 1 atom stereocenters. The van der Waals surface area contributed by atoms with E-state index in [0.717, 1.165) is 11.3 Å². The van der Waals surface area contributed by atoms with E-state index in [1.165, 1.54) is 12.0 Å². The van der Waals surface area contributed by atoms with Crippen LogP contribution in [-0.2, 0) is 14.3 Å². The number of aromatic nitrogens is 1. The third-order valence-corrected chi connectivity index (χ3v) is 6.50. The second kappa shape index (κ2) is 9.48. The van der Waals surface area contributed by atoms with E-state index >= 15 is 0 Å². The molecule has 0 aliphatic carbocycles. The Bertz CT molecular complexity index is 1280. The zero-order valence-electron chi connectivity index (χ0n) is 18.8. The number of ether oxygens (including phenoxy) is 2. The van der Waals surface area contributed by atoms with Crippen molar-refractivity contribution < 1.29 is 29.0 Å². The van der Waals surface area contributed by atoms with Gasteiger partial charge in [-0.2, -0.15) is 0 Å². The molecule has 8 nitrogen and oxygen atoms in total. The average Bonchev–Trinajstić information content (AvgIpc) is 3.36. The van der Waals surface area contributed by atoms with Gasteiger partial charge in [0.15, 0.2) is 5.13 Å². The lowest BCUT2D eigenvalue weighted by atomic mass is 9.95. The van der Waals surface area contributed by atoms with Crippen LogP contribution in [0.5, 0.6) is 5.75 Å². The first-order valence-electron chi connectivity index (χ1n) is 10.5. The van der Waals surface area contributed by atoms with Gasteiger partial charge in [0, 0.05) is 5.56 Å². The van der Waals surface area contributed by atoms with E-state index in [-0.39, 0.29) is 21.3 Å². The largest absolute Gasteiger partial charge is 0.507 e. The van der Waals surface area contributed by atoms with E-state index < -0.39 is 23.7 Å². The molecular weight excluding hydrogens is 456 g/mol. The molecule has 4 rings (SSSR count). The maximum absolute atomic E-state index is 13.2. The molecule has 9 heteroatoms. The number of hydrogen-bond donors (Lipinski definition) is 1. The number of aliphatic hydroxyl groups is 1.